The van der Waals surface area contributed by atoms with Gasteiger partial charge in [-0.1, -0.05) is 18.2 Å². The molecule has 12 nitrogen and oxygen atoms in total. The number of nitrogens with zero attached hydrogens (tertiary/aromatic N) is 6. The third-order valence-electron chi connectivity index (χ3n) is 8.95. The summed E-state index contributed by atoms with van der Waals surface area (Å²) in [5.41, 5.74) is 4.07. The van der Waals surface area contributed by atoms with Gasteiger partial charge in [0.05, 0.1) is 36.5 Å². The number of alkyl halides is 1. The summed E-state index contributed by atoms with van der Waals surface area (Å²) < 4.78 is 12.9. The van der Waals surface area contributed by atoms with Crippen molar-refractivity contribution in [3.8, 4) is 0 Å². The van der Waals surface area contributed by atoms with Crippen molar-refractivity contribution in [3.63, 3.8) is 0 Å². The first-order chi connectivity index (χ1) is 23.3. The standard InChI is InChI=1S/C34H34Cl2N8O4/c1-4-27(45)39-24-16-21(42-11-13-43(14-12-42)33(46)19-5-6-19)7-8-23(24)40-34-38-18-20-15-22(32-37-9-10-44(32)31(20)41-34)28-29(35)25(47-2)17-26(48-3)30(28)36/h4,7-10,15-19,28-29H,1,5-6,11-14H2,2-3H3,(H,39,45)(H,38,40,41). The van der Waals surface area contributed by atoms with Gasteiger partial charge in [0.1, 0.15) is 22.5 Å². The number of methoxy groups -OCH3 is 2. The van der Waals surface area contributed by atoms with Crippen molar-refractivity contribution in [2.24, 2.45) is 5.92 Å². The lowest BCUT2D eigenvalue weighted by atomic mass is 9.90. The number of piperazine rings is 1. The predicted octanol–water partition coefficient (Wildman–Crippen LogP) is 5.54. The zero-order valence-electron chi connectivity index (χ0n) is 26.5. The molecule has 248 valence electrons. The van der Waals surface area contributed by atoms with Gasteiger partial charge in [0.2, 0.25) is 17.8 Å². The molecule has 1 saturated heterocycles. The fraction of sp³-hybridized carbons (Fsp3) is 0.324. The van der Waals surface area contributed by atoms with Crippen LogP contribution in [0.1, 0.15) is 24.3 Å². The second-order valence-corrected chi connectivity index (χ2v) is 12.8. The van der Waals surface area contributed by atoms with Crippen molar-refractivity contribution in [2.45, 2.75) is 24.1 Å². The summed E-state index contributed by atoms with van der Waals surface area (Å²) in [6.45, 7) is 6.36. The first-order valence-electron chi connectivity index (χ1n) is 15.6. The van der Waals surface area contributed by atoms with E-state index in [2.05, 4.69) is 32.1 Å². The van der Waals surface area contributed by atoms with E-state index in [1.165, 1.54) is 6.08 Å². The summed E-state index contributed by atoms with van der Waals surface area (Å²) in [7, 11) is 3.10. The number of hydrogen-bond acceptors (Lipinski definition) is 9. The van der Waals surface area contributed by atoms with Crippen LogP contribution in [0.15, 0.2) is 78.1 Å². The number of fused-ring (bicyclic) bond motifs is 3. The van der Waals surface area contributed by atoms with Crippen molar-refractivity contribution in [2.75, 3.05) is 55.9 Å². The lowest BCUT2D eigenvalue weighted by Crippen LogP contribution is -2.49. The molecule has 4 heterocycles. The molecule has 2 aliphatic carbocycles. The molecule has 2 atom stereocenters. The average molecular weight is 690 g/mol. The molecular formula is C34H34Cl2N8O4. The number of anilines is 4. The number of rotatable bonds is 9. The van der Waals surface area contributed by atoms with Gasteiger partial charge in [0.15, 0.2) is 5.65 Å². The summed E-state index contributed by atoms with van der Waals surface area (Å²) >= 11 is 13.7. The maximum Gasteiger partial charge on any atom is 0.247 e. The van der Waals surface area contributed by atoms with Gasteiger partial charge < -0.3 is 29.9 Å². The summed E-state index contributed by atoms with van der Waals surface area (Å²) in [5, 5.41) is 6.76. The first-order valence-corrected chi connectivity index (χ1v) is 16.4. The lowest BCUT2D eigenvalue weighted by molar-refractivity contribution is -0.132. The van der Waals surface area contributed by atoms with Crippen molar-refractivity contribution in [1.82, 2.24) is 24.3 Å². The van der Waals surface area contributed by atoms with Gasteiger partial charge in [0.25, 0.3) is 0 Å². The fourth-order valence-electron chi connectivity index (χ4n) is 6.25. The number of imidazole rings is 1. The minimum absolute atomic E-state index is 0.211. The second-order valence-electron chi connectivity index (χ2n) is 11.9. The summed E-state index contributed by atoms with van der Waals surface area (Å²) in [4.78, 5) is 43.2. The largest absolute Gasteiger partial charge is 0.499 e. The van der Waals surface area contributed by atoms with Gasteiger partial charge in [-0.3, -0.25) is 14.0 Å². The van der Waals surface area contributed by atoms with Crippen molar-refractivity contribution in [1.29, 1.82) is 0 Å². The van der Waals surface area contributed by atoms with E-state index in [0.717, 1.165) is 29.5 Å². The van der Waals surface area contributed by atoms with Gasteiger partial charge >= 0.3 is 0 Å². The van der Waals surface area contributed by atoms with Crippen molar-refractivity contribution >= 4 is 74.7 Å². The Labute approximate surface area is 287 Å². The van der Waals surface area contributed by atoms with Crippen LogP contribution in [0.2, 0.25) is 0 Å². The summed E-state index contributed by atoms with van der Waals surface area (Å²) in [5.74, 6) is 0.944. The number of hydrogen-bond donors (Lipinski definition) is 2. The Balaban J connectivity index is 1.19. The number of pyridine rings is 1. The van der Waals surface area contributed by atoms with Crippen LogP contribution in [0.25, 0.3) is 16.7 Å². The number of amides is 2. The van der Waals surface area contributed by atoms with Crippen LogP contribution in [0.4, 0.5) is 23.0 Å². The van der Waals surface area contributed by atoms with Crippen LogP contribution in [0.3, 0.4) is 0 Å². The highest BCUT2D eigenvalue weighted by Gasteiger charge is 2.37. The highest BCUT2D eigenvalue weighted by atomic mass is 35.5. The molecule has 0 bridgehead atoms. The minimum atomic E-state index is -0.595. The summed E-state index contributed by atoms with van der Waals surface area (Å²) in [6, 6.07) is 7.70. The van der Waals surface area contributed by atoms with Crippen LogP contribution in [-0.2, 0) is 19.1 Å². The Morgan fingerprint density at radius 3 is 2.54 bits per heavy atom. The molecule has 3 aromatic heterocycles. The molecule has 7 rings (SSSR count). The topological polar surface area (TPSA) is 126 Å². The first kappa shape index (κ1) is 31.8. The zero-order valence-corrected chi connectivity index (χ0v) is 28.0. The van der Waals surface area contributed by atoms with E-state index in [1.54, 1.807) is 32.7 Å². The smallest absolute Gasteiger partial charge is 0.247 e. The fourth-order valence-corrected chi connectivity index (χ4v) is 7.10. The molecule has 2 N–H and O–H groups in total. The maximum atomic E-state index is 12.5. The molecule has 4 aromatic rings. The average Bonchev–Trinajstić information content (AvgIpc) is 3.84. The SMILES string of the molecule is C=CC(=O)Nc1cc(N2CCN(C(=O)C3CC3)CC2)ccc1Nc1ncc2cc(C3C(Cl)=C(OC)C=C(OC)C3Cl)c3nccn3c2n1. The molecule has 1 aromatic carbocycles. The van der Waals surface area contributed by atoms with Crippen LogP contribution in [-0.4, -0.2) is 81.8 Å². The molecule has 2 amide bonds. The van der Waals surface area contributed by atoms with E-state index in [4.69, 9.17) is 37.7 Å². The third kappa shape index (κ3) is 5.90. The Kier molecular flexibility index (Phi) is 8.61. The van der Waals surface area contributed by atoms with Gasteiger partial charge in [-0.25, -0.2) is 9.97 Å². The van der Waals surface area contributed by atoms with E-state index in [0.29, 0.717) is 71.3 Å². The van der Waals surface area contributed by atoms with Crippen LogP contribution >= 0.6 is 23.2 Å². The van der Waals surface area contributed by atoms with Crippen molar-refractivity contribution < 1.29 is 19.1 Å². The van der Waals surface area contributed by atoms with E-state index < -0.39 is 11.3 Å². The van der Waals surface area contributed by atoms with Gasteiger partial charge in [-0.2, -0.15) is 4.98 Å². The molecule has 2 fully saturated rings. The zero-order chi connectivity index (χ0) is 33.5. The van der Waals surface area contributed by atoms with Crippen LogP contribution in [0.5, 0.6) is 0 Å². The van der Waals surface area contributed by atoms with Crippen LogP contribution in [0, 0.1) is 5.92 Å². The number of benzene rings is 1. The van der Waals surface area contributed by atoms with Crippen molar-refractivity contribution in [3.05, 3.63) is 83.7 Å². The maximum absolute atomic E-state index is 12.5. The monoisotopic (exact) mass is 688 g/mol. The molecule has 3 aliphatic rings. The van der Waals surface area contributed by atoms with E-state index in [-0.39, 0.29) is 17.7 Å². The Bertz CT molecular complexity index is 2000. The van der Waals surface area contributed by atoms with Gasteiger partial charge in [0, 0.05) is 73.4 Å². The quantitative estimate of drug-likeness (QED) is 0.172. The lowest BCUT2D eigenvalue weighted by Gasteiger charge is -2.36. The molecular weight excluding hydrogens is 655 g/mol. The number of nitrogens with one attached hydrogen (secondary N) is 2. The predicted molar refractivity (Wildman–Crippen MR) is 186 cm³/mol. The number of carbonyl (C=O) groups excluding carboxylic acids is 2. The normalized spacial score (nSPS) is 19.7. The number of ether oxygens (including phenoxy) is 2. The molecule has 14 heteroatoms. The highest BCUT2D eigenvalue weighted by molar-refractivity contribution is 6.33. The van der Waals surface area contributed by atoms with E-state index in [9.17, 15) is 9.59 Å². The Morgan fingerprint density at radius 2 is 1.83 bits per heavy atom. The third-order valence-corrected chi connectivity index (χ3v) is 9.84. The molecule has 0 radical (unpaired) electrons. The number of aromatic nitrogens is 4. The number of halogens is 2. The minimum Gasteiger partial charge on any atom is -0.499 e. The number of allylic oxidation sites excluding steroid dienone is 3. The molecule has 1 aliphatic heterocycles. The van der Waals surface area contributed by atoms with E-state index >= 15 is 0 Å². The molecule has 0 spiro atoms. The molecule has 48 heavy (non-hydrogen) atoms. The van der Waals surface area contributed by atoms with Gasteiger partial charge in [-0.15, -0.1) is 11.6 Å². The molecule has 1 saturated carbocycles. The van der Waals surface area contributed by atoms with Crippen LogP contribution < -0.4 is 15.5 Å². The Hall–Kier alpha value is -4.81. The Morgan fingerprint density at radius 1 is 1.04 bits per heavy atom. The van der Waals surface area contributed by atoms with E-state index in [1.807, 2.05) is 39.8 Å². The second kappa shape index (κ2) is 13.0. The summed E-state index contributed by atoms with van der Waals surface area (Å²) in [6.07, 6.45) is 10.1. The highest BCUT2D eigenvalue weighted by Crippen LogP contribution is 2.45. The molecule has 2 unspecified atom stereocenters. The van der Waals surface area contributed by atoms with Gasteiger partial charge in [-0.05, 0) is 43.2 Å². The number of carbonyl (C=O) groups is 2.